The highest BCUT2D eigenvalue weighted by Gasteiger charge is 2.69. The lowest BCUT2D eigenvalue weighted by Crippen LogP contribution is -2.41. The van der Waals surface area contributed by atoms with Crippen molar-refractivity contribution in [3.8, 4) is 0 Å². The Kier molecular flexibility index (Phi) is 4.29. The Hall–Kier alpha value is 0. The van der Waals surface area contributed by atoms with E-state index in [1.807, 2.05) is 13.8 Å². The molecule has 0 saturated heterocycles. The maximum Gasteiger partial charge on any atom is -0.0246 e. The van der Waals surface area contributed by atoms with Gasteiger partial charge in [0, 0.05) is 0 Å². The molecule has 2 rings (SSSR count). The van der Waals surface area contributed by atoms with E-state index in [-0.39, 0.29) is 0 Å². The Morgan fingerprint density at radius 3 is 1.05 bits per heavy atom. The van der Waals surface area contributed by atoms with Gasteiger partial charge in [-0.1, -0.05) is 76.2 Å². The summed E-state index contributed by atoms with van der Waals surface area (Å²) in [5.41, 5.74) is 1.34. The molecule has 4 unspecified atom stereocenters. The van der Waals surface area contributed by atoms with Crippen molar-refractivity contribution in [1.82, 2.24) is 0 Å². The van der Waals surface area contributed by atoms with E-state index in [2.05, 4.69) is 62.3 Å². The van der Waals surface area contributed by atoms with Crippen molar-refractivity contribution in [2.45, 2.75) is 76.2 Å². The quantitative estimate of drug-likeness (QED) is 0.485. The van der Waals surface area contributed by atoms with Gasteiger partial charge in [-0.2, -0.15) is 0 Å². The summed E-state index contributed by atoms with van der Waals surface area (Å²) in [6.45, 7) is 26.6. The van der Waals surface area contributed by atoms with Gasteiger partial charge in [0.2, 0.25) is 0 Å². The minimum Gasteiger partial charge on any atom is -0.0683 e. The van der Waals surface area contributed by atoms with E-state index >= 15 is 0 Å². The molecule has 0 bridgehead atoms. The summed E-state index contributed by atoms with van der Waals surface area (Å²) in [5.74, 6) is 4.45. The highest BCUT2D eigenvalue weighted by atomic mass is 14.7. The molecule has 0 N–H and O–H groups in total. The zero-order chi connectivity index (χ0) is 15.4. The van der Waals surface area contributed by atoms with Crippen molar-refractivity contribution in [2.24, 2.45) is 45.8 Å². The molecule has 0 nitrogen and oxygen atoms in total. The van der Waals surface area contributed by atoms with Crippen LogP contribution < -0.4 is 0 Å². The smallest absolute Gasteiger partial charge is 0.0246 e. The lowest BCUT2D eigenvalue weighted by molar-refractivity contribution is 0.00397. The lowest BCUT2D eigenvalue weighted by Gasteiger charge is -2.48. The number of rotatable bonds is 0. The van der Waals surface area contributed by atoms with Crippen LogP contribution in [-0.4, -0.2) is 0 Å². The Labute approximate surface area is 122 Å². The molecule has 0 heterocycles. The van der Waals surface area contributed by atoms with E-state index in [0.717, 1.165) is 29.6 Å². The third-order valence-electron chi connectivity index (χ3n) is 8.07. The lowest BCUT2D eigenvalue weighted by atomic mass is 9.57. The van der Waals surface area contributed by atoms with Crippen LogP contribution in [0.25, 0.3) is 0 Å². The van der Waals surface area contributed by atoms with Crippen molar-refractivity contribution in [1.29, 1.82) is 0 Å². The summed E-state index contributed by atoms with van der Waals surface area (Å²) in [7, 11) is 0. The van der Waals surface area contributed by atoms with Crippen LogP contribution in [-0.2, 0) is 0 Å². The molecule has 0 aromatic heterocycles. The average Bonchev–Trinajstić information content (AvgIpc) is 2.61. The molecular weight excluding hydrogens is 228 g/mol. The van der Waals surface area contributed by atoms with E-state index in [0.29, 0.717) is 16.2 Å². The molecule has 0 aromatic carbocycles. The first-order valence-corrected chi connectivity index (χ1v) is 8.48. The second kappa shape index (κ2) is 4.78. The first-order valence-electron chi connectivity index (χ1n) is 8.48. The normalized spacial score (nSPS) is 45.3. The Bertz CT molecular complexity index is 291. The molecule has 19 heavy (non-hydrogen) atoms. The Balaban J connectivity index is 0.000000861. The highest BCUT2D eigenvalue weighted by Crippen LogP contribution is 2.74. The van der Waals surface area contributed by atoms with Crippen LogP contribution in [0.2, 0.25) is 0 Å². The monoisotopic (exact) mass is 266 g/mol. The Morgan fingerprint density at radius 2 is 0.789 bits per heavy atom. The van der Waals surface area contributed by atoms with Gasteiger partial charge in [0.05, 0.1) is 0 Å². The fourth-order valence-electron chi connectivity index (χ4n) is 5.66. The van der Waals surface area contributed by atoms with Gasteiger partial charge in [0.1, 0.15) is 0 Å². The van der Waals surface area contributed by atoms with Crippen molar-refractivity contribution in [2.75, 3.05) is 0 Å². The van der Waals surface area contributed by atoms with Crippen molar-refractivity contribution < 1.29 is 0 Å². The largest absolute Gasteiger partial charge is 0.0683 e. The van der Waals surface area contributed by atoms with Gasteiger partial charge in [0.25, 0.3) is 0 Å². The van der Waals surface area contributed by atoms with Crippen LogP contribution >= 0.6 is 0 Å². The number of fused-ring (bicyclic) bond motifs is 1. The van der Waals surface area contributed by atoms with E-state index in [1.54, 1.807) is 0 Å². The maximum atomic E-state index is 2.53. The summed E-state index contributed by atoms with van der Waals surface area (Å²) in [5, 5.41) is 0. The van der Waals surface area contributed by atoms with Crippen LogP contribution in [0.3, 0.4) is 0 Å². The topological polar surface area (TPSA) is 0 Å². The van der Waals surface area contributed by atoms with Gasteiger partial charge in [-0.15, -0.1) is 0 Å². The molecule has 2 aliphatic carbocycles. The number of hydrogen-bond donors (Lipinski definition) is 0. The van der Waals surface area contributed by atoms with Gasteiger partial charge in [-0.3, -0.25) is 0 Å². The molecule has 114 valence electrons. The molecule has 2 aliphatic rings. The predicted molar refractivity (Wildman–Crippen MR) is 87.2 cm³/mol. The highest BCUT2D eigenvalue weighted by molar-refractivity contribution is 5.16. The molecule has 0 heteroatoms. The fourth-order valence-corrected chi connectivity index (χ4v) is 5.66. The maximum absolute atomic E-state index is 2.53. The van der Waals surface area contributed by atoms with Gasteiger partial charge in [-0.05, 0) is 45.8 Å². The fraction of sp³-hybridized carbons (Fsp3) is 1.00. The standard InChI is InChI=1S/C17H32.C2H6/c1-10-11(2)13-14(12(10)3)16(6,7)17(8,9)15(13,4)5;1-2/h10-14H,1-9H3;1-2H3. The van der Waals surface area contributed by atoms with Gasteiger partial charge in [-0.25, -0.2) is 0 Å². The second-order valence-electron chi connectivity index (χ2n) is 8.70. The van der Waals surface area contributed by atoms with E-state index in [4.69, 9.17) is 0 Å². The zero-order valence-electron chi connectivity index (χ0n) is 15.4. The minimum atomic E-state index is 0.429. The molecule has 2 fully saturated rings. The van der Waals surface area contributed by atoms with Crippen LogP contribution in [0.15, 0.2) is 0 Å². The molecule has 4 atom stereocenters. The molecular formula is C19H38. The number of hydrogen-bond acceptors (Lipinski definition) is 0. The van der Waals surface area contributed by atoms with E-state index < -0.39 is 0 Å². The summed E-state index contributed by atoms with van der Waals surface area (Å²) < 4.78 is 0. The summed E-state index contributed by atoms with van der Waals surface area (Å²) in [6, 6.07) is 0. The van der Waals surface area contributed by atoms with Gasteiger partial charge in [0.15, 0.2) is 0 Å². The second-order valence-corrected chi connectivity index (χ2v) is 8.70. The van der Waals surface area contributed by atoms with Gasteiger partial charge >= 0.3 is 0 Å². The molecule has 2 saturated carbocycles. The zero-order valence-corrected chi connectivity index (χ0v) is 15.4. The molecule has 0 radical (unpaired) electrons. The van der Waals surface area contributed by atoms with Crippen LogP contribution in [0.1, 0.15) is 76.2 Å². The minimum absolute atomic E-state index is 0.429. The SMILES string of the molecule is CC.CC1C(C)C2C(C1C)C(C)(C)C(C)(C)C2(C)C. The van der Waals surface area contributed by atoms with E-state index in [1.165, 1.54) is 0 Å². The third kappa shape index (κ3) is 1.84. The molecule has 0 aliphatic heterocycles. The first kappa shape index (κ1) is 17.1. The van der Waals surface area contributed by atoms with Crippen molar-refractivity contribution >= 4 is 0 Å². The summed E-state index contributed by atoms with van der Waals surface area (Å²) in [6.07, 6.45) is 0. The first-order chi connectivity index (χ1) is 8.48. The summed E-state index contributed by atoms with van der Waals surface area (Å²) >= 11 is 0. The Morgan fingerprint density at radius 1 is 0.526 bits per heavy atom. The van der Waals surface area contributed by atoms with Crippen LogP contribution in [0.5, 0.6) is 0 Å². The third-order valence-corrected chi connectivity index (χ3v) is 8.07. The van der Waals surface area contributed by atoms with Crippen LogP contribution in [0, 0.1) is 45.8 Å². The van der Waals surface area contributed by atoms with Gasteiger partial charge < -0.3 is 0 Å². The van der Waals surface area contributed by atoms with E-state index in [9.17, 15) is 0 Å². The molecule has 0 amide bonds. The molecule has 0 aromatic rings. The average molecular weight is 267 g/mol. The van der Waals surface area contributed by atoms with Crippen molar-refractivity contribution in [3.05, 3.63) is 0 Å². The molecule has 0 spiro atoms. The van der Waals surface area contributed by atoms with Crippen molar-refractivity contribution in [3.63, 3.8) is 0 Å². The summed E-state index contributed by atoms with van der Waals surface area (Å²) in [4.78, 5) is 0. The van der Waals surface area contributed by atoms with Crippen LogP contribution in [0.4, 0.5) is 0 Å². The predicted octanol–water partition coefficient (Wildman–Crippen LogP) is 6.26.